The molecule has 0 radical (unpaired) electrons. The molecule has 2 aromatic rings. The van der Waals surface area contributed by atoms with Gasteiger partial charge >= 0.3 is 11.9 Å². The van der Waals surface area contributed by atoms with E-state index in [9.17, 15) is 34.2 Å². The Kier molecular flexibility index (Phi) is 12.1. The molecule has 0 spiro atoms. The third-order valence-electron chi connectivity index (χ3n) is 5.98. The van der Waals surface area contributed by atoms with E-state index in [1.807, 2.05) is 13.8 Å². The van der Waals surface area contributed by atoms with Gasteiger partial charge in [-0.1, -0.05) is 56.3 Å². The normalized spacial score (nSPS) is 13.9. The standard InChI is InChI=1S/C28H36N4O8/c1-16(2)12-20(29)25(36)30-21(13-17-6-4-3-5-7-17)26(37)31-22(14-18-8-10-19(33)11-9-18)27(38)32-23(28(39)40)15-24(34)35/h3-11,16,20-23,33H,12-15,29H2,1-2H3,(H,30,36)(H,31,37)(H,32,38)(H,34,35)(H,39,40). The highest BCUT2D eigenvalue weighted by molar-refractivity contribution is 5.95. The summed E-state index contributed by atoms with van der Waals surface area (Å²) in [5, 5.41) is 35.4. The van der Waals surface area contributed by atoms with Crippen molar-refractivity contribution >= 4 is 29.7 Å². The van der Waals surface area contributed by atoms with Gasteiger partial charge in [0.05, 0.1) is 12.5 Å². The van der Waals surface area contributed by atoms with Gasteiger partial charge in [-0.3, -0.25) is 19.2 Å². The van der Waals surface area contributed by atoms with E-state index in [2.05, 4.69) is 16.0 Å². The molecule has 12 heteroatoms. The highest BCUT2D eigenvalue weighted by Crippen LogP contribution is 2.13. The topological polar surface area (TPSA) is 208 Å². The Morgan fingerprint density at radius 3 is 1.68 bits per heavy atom. The lowest BCUT2D eigenvalue weighted by molar-refractivity contribution is -0.147. The lowest BCUT2D eigenvalue weighted by Gasteiger charge is -2.25. The fraction of sp³-hybridized carbons (Fsp3) is 0.393. The molecule has 0 heterocycles. The number of hydrogen-bond donors (Lipinski definition) is 7. The van der Waals surface area contributed by atoms with Crippen LogP contribution in [0.5, 0.6) is 5.75 Å². The zero-order chi connectivity index (χ0) is 29.8. The minimum absolute atomic E-state index is 0.0236. The second kappa shape index (κ2) is 15.2. The third-order valence-corrected chi connectivity index (χ3v) is 5.98. The van der Waals surface area contributed by atoms with Gasteiger partial charge < -0.3 is 37.0 Å². The zero-order valence-corrected chi connectivity index (χ0v) is 22.4. The molecule has 0 bridgehead atoms. The van der Waals surface area contributed by atoms with Crippen molar-refractivity contribution in [3.63, 3.8) is 0 Å². The van der Waals surface area contributed by atoms with E-state index in [4.69, 9.17) is 10.8 Å². The van der Waals surface area contributed by atoms with Crippen LogP contribution in [0.3, 0.4) is 0 Å². The fourth-order valence-electron chi connectivity index (χ4n) is 3.95. The molecule has 8 N–H and O–H groups in total. The molecule has 2 rings (SSSR count). The Morgan fingerprint density at radius 1 is 0.725 bits per heavy atom. The van der Waals surface area contributed by atoms with Gasteiger partial charge in [-0.15, -0.1) is 0 Å². The van der Waals surface area contributed by atoms with Crippen molar-refractivity contribution in [3.8, 4) is 5.75 Å². The molecule has 0 aliphatic heterocycles. The Balaban J connectivity index is 2.33. The number of carboxylic acid groups (broad SMARTS) is 2. The quantitative estimate of drug-likeness (QED) is 0.163. The molecule has 40 heavy (non-hydrogen) atoms. The minimum atomic E-state index is -1.74. The summed E-state index contributed by atoms with van der Waals surface area (Å²) in [5.41, 5.74) is 7.26. The van der Waals surface area contributed by atoms with E-state index < -0.39 is 60.2 Å². The van der Waals surface area contributed by atoms with Gasteiger partial charge in [0.2, 0.25) is 17.7 Å². The summed E-state index contributed by atoms with van der Waals surface area (Å²) in [6, 6.07) is 9.59. The van der Waals surface area contributed by atoms with Crippen LogP contribution in [0.25, 0.3) is 0 Å². The summed E-state index contributed by atoms with van der Waals surface area (Å²) in [6.45, 7) is 3.81. The van der Waals surface area contributed by atoms with E-state index in [0.717, 1.165) is 5.56 Å². The average Bonchev–Trinajstić information content (AvgIpc) is 2.88. The molecule has 216 valence electrons. The van der Waals surface area contributed by atoms with Crippen molar-refractivity contribution in [1.82, 2.24) is 16.0 Å². The molecule has 2 aromatic carbocycles. The Morgan fingerprint density at radius 2 is 1.20 bits per heavy atom. The van der Waals surface area contributed by atoms with E-state index in [0.29, 0.717) is 12.0 Å². The molecule has 0 aromatic heterocycles. The van der Waals surface area contributed by atoms with Crippen LogP contribution < -0.4 is 21.7 Å². The maximum Gasteiger partial charge on any atom is 0.326 e. The van der Waals surface area contributed by atoms with Crippen molar-refractivity contribution in [1.29, 1.82) is 0 Å². The fourth-order valence-corrected chi connectivity index (χ4v) is 3.95. The molecule has 0 fully saturated rings. The van der Waals surface area contributed by atoms with Crippen molar-refractivity contribution in [2.75, 3.05) is 0 Å². The van der Waals surface area contributed by atoms with Crippen LogP contribution >= 0.6 is 0 Å². The summed E-state index contributed by atoms with van der Waals surface area (Å²) in [4.78, 5) is 62.1. The van der Waals surface area contributed by atoms with Crippen LogP contribution in [-0.4, -0.2) is 69.1 Å². The molecule has 4 atom stereocenters. The highest BCUT2D eigenvalue weighted by Gasteiger charge is 2.31. The van der Waals surface area contributed by atoms with Gasteiger partial charge in [-0.25, -0.2) is 4.79 Å². The predicted molar refractivity (Wildman–Crippen MR) is 145 cm³/mol. The number of amides is 3. The zero-order valence-electron chi connectivity index (χ0n) is 22.4. The number of rotatable bonds is 15. The van der Waals surface area contributed by atoms with Gasteiger partial charge in [0.15, 0.2) is 0 Å². The van der Waals surface area contributed by atoms with Crippen molar-refractivity contribution in [3.05, 3.63) is 65.7 Å². The lowest BCUT2D eigenvalue weighted by Crippen LogP contribution is -2.58. The number of benzene rings is 2. The van der Waals surface area contributed by atoms with Gasteiger partial charge in [0, 0.05) is 12.8 Å². The van der Waals surface area contributed by atoms with Crippen LogP contribution in [0, 0.1) is 5.92 Å². The molecule has 0 aliphatic rings. The number of carbonyl (C=O) groups excluding carboxylic acids is 3. The van der Waals surface area contributed by atoms with Crippen LogP contribution in [0.1, 0.15) is 37.8 Å². The van der Waals surface area contributed by atoms with Gasteiger partial charge in [0.25, 0.3) is 0 Å². The lowest BCUT2D eigenvalue weighted by atomic mass is 10.0. The van der Waals surface area contributed by atoms with E-state index in [-0.39, 0.29) is 24.5 Å². The number of aliphatic carboxylic acids is 2. The predicted octanol–water partition coefficient (Wildman–Crippen LogP) is 0.565. The average molecular weight is 557 g/mol. The van der Waals surface area contributed by atoms with Crippen LogP contribution in [0.2, 0.25) is 0 Å². The first-order chi connectivity index (χ1) is 18.8. The number of carboxylic acids is 2. The van der Waals surface area contributed by atoms with Crippen LogP contribution in [0.4, 0.5) is 0 Å². The number of phenols is 1. The van der Waals surface area contributed by atoms with Gasteiger partial charge in [-0.2, -0.15) is 0 Å². The summed E-state index contributed by atoms with van der Waals surface area (Å²) in [7, 11) is 0. The van der Waals surface area contributed by atoms with Crippen LogP contribution in [-0.2, 0) is 36.8 Å². The third kappa shape index (κ3) is 10.7. The second-order valence-corrected chi connectivity index (χ2v) is 9.92. The maximum absolute atomic E-state index is 13.5. The minimum Gasteiger partial charge on any atom is -0.508 e. The van der Waals surface area contributed by atoms with Crippen molar-refractivity contribution < 1.29 is 39.3 Å². The second-order valence-electron chi connectivity index (χ2n) is 9.92. The number of aromatic hydroxyl groups is 1. The maximum atomic E-state index is 13.5. The Labute approximate surface area is 232 Å². The Hall–Kier alpha value is -4.45. The summed E-state index contributed by atoms with van der Waals surface area (Å²) in [5.74, 6) is -5.09. The molecule has 0 saturated heterocycles. The number of hydrogen-bond acceptors (Lipinski definition) is 7. The van der Waals surface area contributed by atoms with Gasteiger partial charge in [-0.05, 0) is 35.6 Å². The number of nitrogens with two attached hydrogens (primary N) is 1. The first-order valence-corrected chi connectivity index (χ1v) is 12.8. The van der Waals surface area contributed by atoms with Crippen molar-refractivity contribution in [2.24, 2.45) is 11.7 Å². The molecule has 0 aliphatic carbocycles. The smallest absolute Gasteiger partial charge is 0.326 e. The number of carbonyl (C=O) groups is 5. The number of nitrogens with one attached hydrogen (secondary N) is 3. The highest BCUT2D eigenvalue weighted by atomic mass is 16.4. The largest absolute Gasteiger partial charge is 0.508 e. The first kappa shape index (κ1) is 31.8. The summed E-state index contributed by atoms with van der Waals surface area (Å²) < 4.78 is 0. The molecule has 4 unspecified atom stereocenters. The molecule has 12 nitrogen and oxygen atoms in total. The summed E-state index contributed by atoms with van der Waals surface area (Å²) >= 11 is 0. The molecule has 0 saturated carbocycles. The summed E-state index contributed by atoms with van der Waals surface area (Å²) in [6.07, 6.45) is -0.522. The first-order valence-electron chi connectivity index (χ1n) is 12.8. The monoisotopic (exact) mass is 556 g/mol. The van der Waals surface area contributed by atoms with Crippen LogP contribution in [0.15, 0.2) is 54.6 Å². The number of phenolic OH excluding ortho intramolecular Hbond substituents is 1. The Bertz CT molecular complexity index is 1170. The van der Waals surface area contributed by atoms with Gasteiger partial charge in [0.1, 0.15) is 23.9 Å². The molecular formula is C28H36N4O8. The molecular weight excluding hydrogens is 520 g/mol. The molecule has 3 amide bonds. The van der Waals surface area contributed by atoms with E-state index in [1.165, 1.54) is 24.3 Å². The van der Waals surface area contributed by atoms with E-state index in [1.54, 1.807) is 30.3 Å². The SMILES string of the molecule is CC(C)CC(N)C(=O)NC(Cc1ccccc1)C(=O)NC(Cc1ccc(O)cc1)C(=O)NC(CC(=O)O)C(=O)O. The van der Waals surface area contributed by atoms with E-state index >= 15 is 0 Å². The van der Waals surface area contributed by atoms with Crippen molar-refractivity contribution in [2.45, 2.75) is 63.7 Å².